The monoisotopic (exact) mass is 933 g/mol. The van der Waals surface area contributed by atoms with Crippen LogP contribution < -0.4 is 4.90 Å². The van der Waals surface area contributed by atoms with Crippen molar-refractivity contribution in [1.82, 2.24) is 0 Å². The Kier molecular flexibility index (Phi) is 10.6. The van der Waals surface area contributed by atoms with E-state index in [-0.39, 0.29) is 16.2 Å². The number of nitrogens with zero attached hydrogens (tertiary/aromatic N) is 1. The van der Waals surface area contributed by atoms with Gasteiger partial charge in [0.05, 0.1) is 17.1 Å². The minimum Gasteiger partial charge on any atom is -0.309 e. The second kappa shape index (κ2) is 16.8. The minimum atomic E-state index is -0.134. The summed E-state index contributed by atoms with van der Waals surface area (Å²) in [6.45, 7) is 18.7. The molecule has 71 heavy (non-hydrogen) atoms. The van der Waals surface area contributed by atoms with E-state index in [1.807, 2.05) is 11.3 Å². The first-order valence-electron chi connectivity index (χ1n) is 25.2. The number of para-hydroxylation sites is 3. The predicted octanol–water partition coefficient (Wildman–Crippen LogP) is 20.2. The first-order chi connectivity index (χ1) is 34.3. The number of hydrogen-bond acceptors (Lipinski definition) is 2. The third kappa shape index (κ3) is 7.51. The van der Waals surface area contributed by atoms with Crippen molar-refractivity contribution in [2.45, 2.75) is 71.6 Å². The standard InChI is InChI=1S/C69H59NS/c1-67(2,3)47-40-46(41-48(43-47)68(4,5)6)50-29-19-22-44-23-20-30-56(65(44)50)53-26-11-16-35-62(53)70(63-36-17-12-27-54(63)57-31-21-32-58-55-28-13-18-37-64(55)71-66(57)58)61-34-15-10-24-49(61)45-38-39-52-51-25-9-14-33-59(51)69(7,8)60(52)42-45/h9-43H,1-8H3. The molecule has 0 spiro atoms. The highest BCUT2D eigenvalue weighted by molar-refractivity contribution is 7.26. The fraction of sp³-hybridized carbons (Fsp3) is 0.159. The summed E-state index contributed by atoms with van der Waals surface area (Å²) in [6, 6.07) is 80.1. The number of anilines is 3. The van der Waals surface area contributed by atoms with Crippen LogP contribution >= 0.6 is 11.3 Å². The zero-order valence-electron chi connectivity index (χ0n) is 42.1. The van der Waals surface area contributed by atoms with Gasteiger partial charge in [-0.15, -0.1) is 11.3 Å². The summed E-state index contributed by atoms with van der Waals surface area (Å²) in [5.74, 6) is 0. The first kappa shape index (κ1) is 44.7. The summed E-state index contributed by atoms with van der Waals surface area (Å²) in [5.41, 5.74) is 21.0. The van der Waals surface area contributed by atoms with Gasteiger partial charge in [0.15, 0.2) is 0 Å². The van der Waals surface area contributed by atoms with Crippen LogP contribution in [-0.4, -0.2) is 0 Å². The number of fused-ring (bicyclic) bond motifs is 7. The van der Waals surface area contributed by atoms with Crippen molar-refractivity contribution >= 4 is 59.3 Å². The Morgan fingerprint density at radius 2 is 0.859 bits per heavy atom. The zero-order chi connectivity index (χ0) is 48.8. The van der Waals surface area contributed by atoms with Crippen LogP contribution in [0.3, 0.4) is 0 Å². The highest BCUT2D eigenvalue weighted by Crippen LogP contribution is 2.53. The van der Waals surface area contributed by atoms with E-state index in [1.165, 1.54) is 109 Å². The van der Waals surface area contributed by atoms with E-state index in [0.29, 0.717) is 0 Å². The van der Waals surface area contributed by atoms with Crippen LogP contribution in [0.1, 0.15) is 77.6 Å². The minimum absolute atomic E-state index is 0.0178. The van der Waals surface area contributed by atoms with Crippen molar-refractivity contribution in [2.24, 2.45) is 0 Å². The van der Waals surface area contributed by atoms with Crippen molar-refractivity contribution in [3.05, 3.63) is 235 Å². The Morgan fingerprint density at radius 3 is 1.54 bits per heavy atom. The molecule has 2 heteroatoms. The Labute approximate surface area is 423 Å². The summed E-state index contributed by atoms with van der Waals surface area (Å²) in [5, 5.41) is 5.07. The third-order valence-electron chi connectivity index (χ3n) is 15.2. The average Bonchev–Trinajstić information content (AvgIpc) is 3.87. The van der Waals surface area contributed by atoms with Gasteiger partial charge in [-0.1, -0.05) is 237 Å². The van der Waals surface area contributed by atoms with Gasteiger partial charge in [0.2, 0.25) is 0 Å². The molecule has 346 valence electrons. The van der Waals surface area contributed by atoms with Gasteiger partial charge in [0.25, 0.3) is 0 Å². The lowest BCUT2D eigenvalue weighted by Crippen LogP contribution is -2.16. The maximum absolute atomic E-state index is 2.57. The quantitative estimate of drug-likeness (QED) is 0.154. The second-order valence-corrected chi connectivity index (χ2v) is 23.2. The van der Waals surface area contributed by atoms with E-state index in [1.54, 1.807) is 0 Å². The highest BCUT2D eigenvalue weighted by Gasteiger charge is 2.36. The van der Waals surface area contributed by atoms with Crippen LogP contribution in [0.5, 0.6) is 0 Å². The molecule has 0 N–H and O–H groups in total. The summed E-state index contributed by atoms with van der Waals surface area (Å²) in [4.78, 5) is 2.57. The number of benzene rings is 10. The molecule has 0 fully saturated rings. The van der Waals surface area contributed by atoms with E-state index in [9.17, 15) is 0 Å². The third-order valence-corrected chi connectivity index (χ3v) is 16.4. The van der Waals surface area contributed by atoms with Crippen LogP contribution in [-0.2, 0) is 16.2 Å². The van der Waals surface area contributed by atoms with Crippen molar-refractivity contribution in [3.63, 3.8) is 0 Å². The number of hydrogen-bond donors (Lipinski definition) is 0. The Morgan fingerprint density at radius 1 is 0.366 bits per heavy atom. The van der Waals surface area contributed by atoms with Gasteiger partial charge in [-0.2, -0.15) is 0 Å². The van der Waals surface area contributed by atoms with Crippen LogP contribution in [0.25, 0.3) is 86.6 Å². The molecule has 11 aromatic rings. The summed E-state index contributed by atoms with van der Waals surface area (Å²) < 4.78 is 2.60. The topological polar surface area (TPSA) is 3.24 Å². The molecule has 1 heterocycles. The molecular weight excluding hydrogens is 875 g/mol. The number of rotatable bonds is 7. The molecule has 1 aliphatic carbocycles. The molecule has 0 saturated carbocycles. The second-order valence-electron chi connectivity index (χ2n) is 22.1. The van der Waals surface area contributed by atoms with Crippen molar-refractivity contribution < 1.29 is 0 Å². The Balaban J connectivity index is 1.13. The van der Waals surface area contributed by atoms with Crippen LogP contribution in [0, 0.1) is 0 Å². The van der Waals surface area contributed by atoms with Crippen LogP contribution in [0.4, 0.5) is 17.1 Å². The van der Waals surface area contributed by atoms with Gasteiger partial charge in [-0.25, -0.2) is 0 Å². The summed E-state index contributed by atoms with van der Waals surface area (Å²) >= 11 is 1.89. The molecule has 0 aliphatic heterocycles. The lowest BCUT2D eigenvalue weighted by molar-refractivity contribution is 0.569. The number of thiophene rings is 1. The van der Waals surface area contributed by atoms with Crippen molar-refractivity contribution in [1.29, 1.82) is 0 Å². The molecule has 0 amide bonds. The van der Waals surface area contributed by atoms with E-state index in [4.69, 9.17) is 0 Å². The van der Waals surface area contributed by atoms with Gasteiger partial charge in [-0.05, 0) is 108 Å². The highest BCUT2D eigenvalue weighted by atomic mass is 32.1. The Bertz CT molecular complexity index is 3850. The lowest BCUT2D eigenvalue weighted by atomic mass is 9.78. The fourth-order valence-corrected chi connectivity index (χ4v) is 12.6. The summed E-state index contributed by atoms with van der Waals surface area (Å²) in [6.07, 6.45) is 0. The average molecular weight is 934 g/mol. The van der Waals surface area contributed by atoms with Crippen LogP contribution in [0.2, 0.25) is 0 Å². The maximum Gasteiger partial charge on any atom is 0.0541 e. The van der Waals surface area contributed by atoms with E-state index in [0.717, 1.165) is 17.1 Å². The van der Waals surface area contributed by atoms with Gasteiger partial charge in [0.1, 0.15) is 0 Å². The zero-order valence-corrected chi connectivity index (χ0v) is 42.9. The molecule has 12 rings (SSSR count). The van der Waals surface area contributed by atoms with E-state index in [2.05, 4.69) is 273 Å². The maximum atomic E-state index is 2.57. The van der Waals surface area contributed by atoms with Gasteiger partial charge < -0.3 is 4.90 Å². The Hall–Kier alpha value is -7.52. The van der Waals surface area contributed by atoms with E-state index >= 15 is 0 Å². The van der Waals surface area contributed by atoms with Crippen molar-refractivity contribution in [3.8, 4) is 55.6 Å². The van der Waals surface area contributed by atoms with Crippen LogP contribution in [0.15, 0.2) is 212 Å². The molecule has 1 aromatic heterocycles. The molecule has 0 saturated heterocycles. The molecule has 10 aromatic carbocycles. The molecule has 0 atom stereocenters. The predicted molar refractivity (Wildman–Crippen MR) is 308 cm³/mol. The first-order valence-corrected chi connectivity index (χ1v) is 26.0. The fourth-order valence-electron chi connectivity index (χ4n) is 11.4. The normalized spacial score (nSPS) is 13.2. The van der Waals surface area contributed by atoms with Crippen molar-refractivity contribution in [2.75, 3.05) is 4.90 Å². The molecular formula is C69H59NS. The molecule has 1 aliphatic rings. The van der Waals surface area contributed by atoms with Gasteiger partial charge in [0, 0.05) is 47.8 Å². The largest absolute Gasteiger partial charge is 0.309 e. The van der Waals surface area contributed by atoms with Gasteiger partial charge in [-0.3, -0.25) is 0 Å². The van der Waals surface area contributed by atoms with Gasteiger partial charge >= 0.3 is 0 Å². The summed E-state index contributed by atoms with van der Waals surface area (Å²) in [7, 11) is 0. The SMILES string of the molecule is CC(C)(C)c1cc(-c2cccc3cccc(-c4ccccc4N(c4ccccc4-c4ccc5c(c4)C(C)(C)c4ccccc4-5)c4ccccc4-c4cccc5c4sc4ccccc45)c23)cc(C(C)(C)C)c1. The molecule has 0 radical (unpaired) electrons. The molecule has 1 nitrogen and oxygen atoms in total. The van der Waals surface area contributed by atoms with E-state index < -0.39 is 0 Å². The lowest BCUT2D eigenvalue weighted by Gasteiger charge is -2.32. The smallest absolute Gasteiger partial charge is 0.0541 e. The molecule has 0 bridgehead atoms. The molecule has 0 unspecified atom stereocenters.